The molecule has 1 saturated heterocycles. The summed E-state index contributed by atoms with van der Waals surface area (Å²) in [6, 6.07) is 9.35. The van der Waals surface area contributed by atoms with Crippen LogP contribution in [0.2, 0.25) is 5.02 Å². The topological polar surface area (TPSA) is 103 Å². The maximum atomic E-state index is 16.5. The first-order chi connectivity index (χ1) is 20.1. The summed E-state index contributed by atoms with van der Waals surface area (Å²) in [5.41, 5.74) is 0.785. The van der Waals surface area contributed by atoms with Gasteiger partial charge in [-0.1, -0.05) is 29.8 Å². The monoisotopic (exact) mass is 602 g/mol. The molecule has 0 bridgehead atoms. The fraction of sp³-hybridized carbons (Fsp3) is 0.467. The molecule has 3 aromatic rings. The van der Waals surface area contributed by atoms with Crippen molar-refractivity contribution in [2.45, 2.75) is 57.0 Å². The molecule has 2 aromatic carbocycles. The summed E-state index contributed by atoms with van der Waals surface area (Å²) in [6.07, 6.45) is 1.96. The number of methoxy groups -OCH3 is 1. The average molecular weight is 603 g/mol. The van der Waals surface area contributed by atoms with Gasteiger partial charge in [0.25, 0.3) is 5.91 Å². The predicted octanol–water partition coefficient (Wildman–Crippen LogP) is 5.20. The molecule has 12 heteroatoms. The first kappa shape index (κ1) is 30.1. The smallest absolute Gasteiger partial charge is 0.330 e. The lowest BCUT2D eigenvalue weighted by Crippen LogP contribution is -2.54. The van der Waals surface area contributed by atoms with Crippen molar-refractivity contribution in [3.8, 4) is 0 Å². The van der Waals surface area contributed by atoms with E-state index in [1.165, 1.54) is 22.8 Å². The summed E-state index contributed by atoms with van der Waals surface area (Å²) >= 11 is 6.41. The van der Waals surface area contributed by atoms with E-state index in [0.29, 0.717) is 62.5 Å². The molecule has 0 spiro atoms. The van der Waals surface area contributed by atoms with Crippen molar-refractivity contribution in [3.63, 3.8) is 0 Å². The van der Waals surface area contributed by atoms with Crippen molar-refractivity contribution in [2.75, 3.05) is 25.5 Å². The highest BCUT2D eigenvalue weighted by molar-refractivity contribution is 6.34. The number of rotatable bonds is 9. The number of ether oxygens (including phenoxy) is 2. The number of nitrogens with zero attached hydrogens (tertiary/aromatic N) is 3. The van der Waals surface area contributed by atoms with Crippen LogP contribution >= 0.6 is 11.6 Å². The molecule has 2 aliphatic rings. The van der Waals surface area contributed by atoms with Crippen LogP contribution in [0, 0.1) is 11.7 Å². The third kappa shape index (κ3) is 6.04. The van der Waals surface area contributed by atoms with Gasteiger partial charge in [0.15, 0.2) is 0 Å². The molecule has 0 radical (unpaired) electrons. The molecule has 224 valence electrons. The SMILES string of the molecule is COC(=O)C1CCC(OC(F)(C(=O)Cc2cc(Cl)c(NC(=O)c3c4ccccc4nn3C)cc2F)N2CCCC2)CC1. The summed E-state index contributed by atoms with van der Waals surface area (Å²) in [7, 11) is 2.96. The molecular formula is C30H33ClF2N4O5. The highest BCUT2D eigenvalue weighted by atomic mass is 35.5. The quantitative estimate of drug-likeness (QED) is 0.265. The van der Waals surface area contributed by atoms with Gasteiger partial charge < -0.3 is 14.8 Å². The Kier molecular flexibility index (Phi) is 8.91. The van der Waals surface area contributed by atoms with Crippen LogP contribution < -0.4 is 5.32 Å². The van der Waals surface area contributed by atoms with Gasteiger partial charge in [0.2, 0.25) is 5.78 Å². The summed E-state index contributed by atoms with van der Waals surface area (Å²) in [5, 5.41) is 7.54. The molecule has 1 aliphatic heterocycles. The average Bonchev–Trinajstić information content (AvgIpc) is 3.63. The van der Waals surface area contributed by atoms with E-state index in [1.807, 2.05) is 0 Å². The molecule has 1 N–H and O–H groups in total. The number of aryl methyl sites for hydroxylation is 1. The Morgan fingerprint density at radius 1 is 1.12 bits per heavy atom. The van der Waals surface area contributed by atoms with Crippen LogP contribution in [0.3, 0.4) is 0 Å². The van der Waals surface area contributed by atoms with Crippen LogP contribution in [0.15, 0.2) is 36.4 Å². The van der Waals surface area contributed by atoms with Crippen LogP contribution in [-0.2, 0) is 32.5 Å². The molecule has 1 aliphatic carbocycles. The summed E-state index contributed by atoms with van der Waals surface area (Å²) in [4.78, 5) is 39.8. The minimum Gasteiger partial charge on any atom is -0.469 e. The standard InChI is InChI=1S/C30H33ClF2N4O5/c1-36-27(21-7-3-4-8-24(21)35-36)28(39)34-25-17-23(32)19(15-22(25)31)16-26(38)30(33,37-13-5-6-14-37)42-20-11-9-18(10-12-20)29(40)41-2/h3-4,7-8,15,17-18,20H,5-6,9-14,16H2,1-2H3,(H,34,39). The van der Waals surface area contributed by atoms with Gasteiger partial charge in [0.1, 0.15) is 11.5 Å². The van der Waals surface area contributed by atoms with Crippen molar-refractivity contribution in [1.82, 2.24) is 14.7 Å². The zero-order valence-electron chi connectivity index (χ0n) is 23.5. The van der Waals surface area contributed by atoms with Gasteiger partial charge in [0, 0.05) is 31.9 Å². The first-order valence-electron chi connectivity index (χ1n) is 14.0. The van der Waals surface area contributed by atoms with Crippen molar-refractivity contribution >= 4 is 45.9 Å². The number of fused-ring (bicyclic) bond motifs is 1. The van der Waals surface area contributed by atoms with Gasteiger partial charge in [-0.05, 0) is 62.3 Å². The highest BCUT2D eigenvalue weighted by Crippen LogP contribution is 2.35. The Morgan fingerprint density at radius 2 is 1.81 bits per heavy atom. The van der Waals surface area contributed by atoms with Crippen molar-refractivity contribution < 1.29 is 32.6 Å². The van der Waals surface area contributed by atoms with E-state index in [-0.39, 0.29) is 33.9 Å². The molecule has 42 heavy (non-hydrogen) atoms. The van der Waals surface area contributed by atoms with Gasteiger partial charge in [-0.2, -0.15) is 9.49 Å². The Hall–Kier alpha value is -3.41. The van der Waals surface area contributed by atoms with Gasteiger partial charge in [-0.15, -0.1) is 0 Å². The number of halogens is 3. The van der Waals surface area contributed by atoms with E-state index >= 15 is 8.78 Å². The molecule has 2 heterocycles. The van der Waals surface area contributed by atoms with Crippen LogP contribution in [-0.4, -0.2) is 64.6 Å². The molecule has 2 fully saturated rings. The van der Waals surface area contributed by atoms with Crippen LogP contribution in [0.5, 0.6) is 0 Å². The summed E-state index contributed by atoms with van der Waals surface area (Å²) in [6.45, 7) is 0.660. The van der Waals surface area contributed by atoms with Crippen molar-refractivity contribution in [3.05, 3.63) is 58.5 Å². The van der Waals surface area contributed by atoms with E-state index in [0.717, 1.165) is 6.07 Å². The van der Waals surface area contributed by atoms with E-state index in [9.17, 15) is 14.4 Å². The number of carbonyl (C=O) groups excluding carboxylic acids is 3. The lowest BCUT2D eigenvalue weighted by atomic mass is 9.87. The molecule has 1 saturated carbocycles. The Morgan fingerprint density at radius 3 is 2.50 bits per heavy atom. The maximum absolute atomic E-state index is 16.5. The van der Waals surface area contributed by atoms with Crippen LogP contribution in [0.1, 0.15) is 54.6 Å². The van der Waals surface area contributed by atoms with E-state index in [4.69, 9.17) is 21.1 Å². The molecule has 1 unspecified atom stereocenters. The van der Waals surface area contributed by atoms with Gasteiger partial charge >= 0.3 is 11.9 Å². The second-order valence-corrected chi connectivity index (χ2v) is 11.2. The maximum Gasteiger partial charge on any atom is 0.330 e. The molecule has 1 atom stereocenters. The Bertz CT molecular complexity index is 1500. The molecule has 1 amide bonds. The third-order valence-electron chi connectivity index (χ3n) is 8.08. The number of carbonyl (C=O) groups is 3. The summed E-state index contributed by atoms with van der Waals surface area (Å²) in [5.74, 6) is -5.63. The minimum absolute atomic E-state index is 0.00492. The number of anilines is 1. The van der Waals surface area contributed by atoms with Gasteiger partial charge in [-0.3, -0.25) is 19.1 Å². The lowest BCUT2D eigenvalue weighted by Gasteiger charge is -2.37. The number of aromatic nitrogens is 2. The number of hydrogen-bond donors (Lipinski definition) is 1. The number of nitrogens with one attached hydrogen (secondary N) is 1. The van der Waals surface area contributed by atoms with Gasteiger partial charge in [-0.25, -0.2) is 9.29 Å². The van der Waals surface area contributed by atoms with Crippen LogP contribution in [0.25, 0.3) is 10.9 Å². The van der Waals surface area contributed by atoms with Gasteiger partial charge in [0.05, 0.1) is 35.4 Å². The first-order valence-corrected chi connectivity index (χ1v) is 14.4. The number of ketones is 1. The minimum atomic E-state index is -2.74. The fourth-order valence-electron chi connectivity index (χ4n) is 5.82. The second-order valence-electron chi connectivity index (χ2n) is 10.8. The van der Waals surface area contributed by atoms with Crippen molar-refractivity contribution in [1.29, 1.82) is 0 Å². The number of benzene rings is 2. The largest absolute Gasteiger partial charge is 0.469 e. The number of hydrogen-bond acceptors (Lipinski definition) is 7. The van der Waals surface area contributed by atoms with E-state index in [1.54, 1.807) is 31.3 Å². The highest BCUT2D eigenvalue weighted by Gasteiger charge is 2.49. The number of amides is 1. The molecule has 9 nitrogen and oxygen atoms in total. The number of Topliss-reactive ketones (excluding diaryl/α,β-unsaturated/α-hetero) is 1. The Labute approximate surface area is 247 Å². The van der Waals surface area contributed by atoms with Crippen molar-refractivity contribution in [2.24, 2.45) is 13.0 Å². The Balaban J connectivity index is 1.31. The summed E-state index contributed by atoms with van der Waals surface area (Å²) < 4.78 is 43.9. The zero-order chi connectivity index (χ0) is 30.0. The second kappa shape index (κ2) is 12.4. The van der Waals surface area contributed by atoms with Crippen LogP contribution in [0.4, 0.5) is 14.5 Å². The fourth-order valence-corrected chi connectivity index (χ4v) is 6.06. The third-order valence-corrected chi connectivity index (χ3v) is 8.39. The van der Waals surface area contributed by atoms with E-state index < -0.39 is 36.0 Å². The molecular weight excluding hydrogens is 570 g/mol. The predicted molar refractivity (Wildman–Crippen MR) is 152 cm³/mol. The van der Waals surface area contributed by atoms with E-state index in [2.05, 4.69) is 10.4 Å². The number of alkyl halides is 1. The zero-order valence-corrected chi connectivity index (χ0v) is 24.3. The molecule has 5 rings (SSSR count). The lowest BCUT2D eigenvalue weighted by molar-refractivity contribution is -0.252. The number of likely N-dealkylation sites (tertiary alicyclic amines) is 1. The molecule has 1 aromatic heterocycles. The number of esters is 1. The normalized spacial score (nSPS) is 20.8.